The highest BCUT2D eigenvalue weighted by molar-refractivity contribution is 5.57. The van der Waals surface area contributed by atoms with Crippen LogP contribution >= 0.6 is 0 Å². The Labute approximate surface area is 170 Å². The van der Waals surface area contributed by atoms with E-state index in [0.29, 0.717) is 13.2 Å². The van der Waals surface area contributed by atoms with Crippen LogP contribution in [0, 0.1) is 6.92 Å². The predicted octanol–water partition coefficient (Wildman–Crippen LogP) is 4.01. The normalized spacial score (nSPS) is 17.7. The van der Waals surface area contributed by atoms with Crippen molar-refractivity contribution in [2.24, 2.45) is 0 Å². The van der Waals surface area contributed by atoms with Crippen molar-refractivity contribution in [1.82, 2.24) is 20.2 Å². The van der Waals surface area contributed by atoms with E-state index in [1.165, 1.54) is 12.0 Å². The van der Waals surface area contributed by atoms with Crippen LogP contribution in [0.15, 0.2) is 42.5 Å². The number of nitrogens with zero attached hydrogens (tertiary/aromatic N) is 4. The van der Waals surface area contributed by atoms with Gasteiger partial charge in [-0.1, -0.05) is 31.4 Å². The van der Waals surface area contributed by atoms with Crippen molar-refractivity contribution in [1.29, 1.82) is 0 Å². The molecule has 2 aromatic carbocycles. The monoisotopic (exact) mass is 391 g/mol. The number of aromatic nitrogens is 4. The standard InChI is InChI=1S/C22H25N5O2/c1-16-6-5-7-18(14-16)27-21(24-25-26-27)22(10-3-2-4-11-22)23-17-8-9-19-20(15-17)29-13-12-28-19/h5-9,14-15,23H,2-4,10-13H2,1H3. The molecule has 7 nitrogen and oxygen atoms in total. The second-order valence-corrected chi connectivity index (χ2v) is 7.88. The Morgan fingerprint density at radius 3 is 2.62 bits per heavy atom. The van der Waals surface area contributed by atoms with Crippen LogP contribution in [0.3, 0.4) is 0 Å². The first-order valence-electron chi connectivity index (χ1n) is 10.3. The number of nitrogens with one attached hydrogen (secondary N) is 1. The quantitative estimate of drug-likeness (QED) is 0.724. The van der Waals surface area contributed by atoms with E-state index in [0.717, 1.165) is 54.4 Å². The first-order chi connectivity index (χ1) is 14.2. The van der Waals surface area contributed by atoms with Crippen LogP contribution in [0.1, 0.15) is 43.5 Å². The second kappa shape index (κ2) is 7.39. The maximum absolute atomic E-state index is 5.77. The molecule has 1 aromatic heterocycles. The first-order valence-corrected chi connectivity index (χ1v) is 10.3. The summed E-state index contributed by atoms with van der Waals surface area (Å²) in [5, 5.41) is 16.6. The molecule has 1 N–H and O–H groups in total. The highest BCUT2D eigenvalue weighted by atomic mass is 16.6. The molecule has 7 heteroatoms. The minimum Gasteiger partial charge on any atom is -0.486 e. The summed E-state index contributed by atoms with van der Waals surface area (Å²) in [6, 6.07) is 14.3. The van der Waals surface area contributed by atoms with E-state index in [1.807, 2.05) is 35.0 Å². The van der Waals surface area contributed by atoms with Gasteiger partial charge in [-0.2, -0.15) is 4.68 Å². The number of benzene rings is 2. The smallest absolute Gasteiger partial charge is 0.181 e. The van der Waals surface area contributed by atoms with Gasteiger partial charge in [0.25, 0.3) is 0 Å². The Morgan fingerprint density at radius 1 is 0.966 bits per heavy atom. The summed E-state index contributed by atoms with van der Waals surface area (Å²) in [6.45, 7) is 3.25. The third kappa shape index (κ3) is 3.41. The maximum atomic E-state index is 5.77. The van der Waals surface area contributed by atoms with Crippen LogP contribution in [0.4, 0.5) is 5.69 Å². The van der Waals surface area contributed by atoms with E-state index in [4.69, 9.17) is 9.47 Å². The summed E-state index contributed by atoms with van der Waals surface area (Å²) in [6.07, 6.45) is 5.47. The number of rotatable bonds is 4. The van der Waals surface area contributed by atoms with Crippen LogP contribution in [0.5, 0.6) is 11.5 Å². The molecule has 0 spiro atoms. The summed E-state index contributed by atoms with van der Waals surface area (Å²) >= 11 is 0. The molecule has 0 saturated heterocycles. The Morgan fingerprint density at radius 2 is 1.79 bits per heavy atom. The van der Waals surface area contributed by atoms with Crippen molar-refractivity contribution >= 4 is 5.69 Å². The lowest BCUT2D eigenvalue weighted by atomic mass is 9.80. The van der Waals surface area contributed by atoms with E-state index in [-0.39, 0.29) is 5.54 Å². The van der Waals surface area contributed by atoms with E-state index in [1.54, 1.807) is 0 Å². The van der Waals surface area contributed by atoms with Gasteiger partial charge in [0.2, 0.25) is 0 Å². The second-order valence-electron chi connectivity index (χ2n) is 7.88. The minimum atomic E-state index is -0.324. The van der Waals surface area contributed by atoms with E-state index in [9.17, 15) is 0 Å². The molecule has 150 valence electrons. The van der Waals surface area contributed by atoms with Crippen LogP contribution in [-0.2, 0) is 5.54 Å². The summed E-state index contributed by atoms with van der Waals surface area (Å²) in [5.41, 5.74) is 2.84. The molecule has 0 bridgehead atoms. The molecule has 0 amide bonds. The van der Waals surface area contributed by atoms with Crippen molar-refractivity contribution in [3.63, 3.8) is 0 Å². The van der Waals surface area contributed by atoms with Crippen molar-refractivity contribution in [3.05, 3.63) is 53.9 Å². The van der Waals surface area contributed by atoms with Gasteiger partial charge in [0.15, 0.2) is 17.3 Å². The zero-order valence-corrected chi connectivity index (χ0v) is 16.6. The van der Waals surface area contributed by atoms with E-state index < -0.39 is 0 Å². The van der Waals surface area contributed by atoms with Crippen molar-refractivity contribution < 1.29 is 9.47 Å². The van der Waals surface area contributed by atoms with Gasteiger partial charge in [-0.3, -0.25) is 0 Å². The van der Waals surface area contributed by atoms with Crippen LogP contribution in [0.25, 0.3) is 5.69 Å². The van der Waals surface area contributed by atoms with Crippen LogP contribution in [-0.4, -0.2) is 33.4 Å². The average molecular weight is 391 g/mol. The largest absolute Gasteiger partial charge is 0.486 e. The molecule has 2 heterocycles. The Bertz CT molecular complexity index is 1010. The zero-order chi connectivity index (χ0) is 19.7. The SMILES string of the molecule is Cc1cccc(-n2nnnc2C2(Nc3ccc4c(c3)OCCO4)CCCCC2)c1. The van der Waals surface area contributed by atoms with Gasteiger partial charge in [0, 0.05) is 11.8 Å². The number of aryl methyl sites for hydroxylation is 1. The van der Waals surface area contributed by atoms with Crippen LogP contribution < -0.4 is 14.8 Å². The van der Waals surface area contributed by atoms with E-state index >= 15 is 0 Å². The lowest BCUT2D eigenvalue weighted by Crippen LogP contribution is -2.40. The number of hydrogen-bond acceptors (Lipinski definition) is 6. The summed E-state index contributed by atoms with van der Waals surface area (Å²) < 4.78 is 13.3. The average Bonchev–Trinajstić information content (AvgIpc) is 3.25. The molecule has 2 aliphatic rings. The van der Waals surface area contributed by atoms with Gasteiger partial charge in [-0.05, 0) is 60.0 Å². The van der Waals surface area contributed by atoms with Crippen LogP contribution in [0.2, 0.25) is 0 Å². The molecule has 29 heavy (non-hydrogen) atoms. The number of tetrazole rings is 1. The van der Waals surface area contributed by atoms with Gasteiger partial charge >= 0.3 is 0 Å². The number of ether oxygens (including phenoxy) is 2. The molecular weight excluding hydrogens is 366 g/mol. The number of anilines is 1. The lowest BCUT2D eigenvalue weighted by molar-refractivity contribution is 0.171. The van der Waals surface area contributed by atoms with Gasteiger partial charge < -0.3 is 14.8 Å². The highest BCUT2D eigenvalue weighted by Crippen LogP contribution is 2.41. The fraction of sp³-hybridized carbons (Fsp3) is 0.409. The first kappa shape index (κ1) is 18.0. The van der Waals surface area contributed by atoms with Gasteiger partial charge in [-0.15, -0.1) is 5.10 Å². The topological polar surface area (TPSA) is 74.1 Å². The minimum absolute atomic E-state index is 0.324. The van der Waals surface area contributed by atoms with Gasteiger partial charge in [0.05, 0.1) is 11.2 Å². The van der Waals surface area contributed by atoms with Crippen molar-refractivity contribution in [2.45, 2.75) is 44.6 Å². The Kier molecular flexibility index (Phi) is 4.58. The fourth-order valence-electron chi connectivity index (χ4n) is 4.38. The van der Waals surface area contributed by atoms with Crippen molar-refractivity contribution in [3.8, 4) is 17.2 Å². The maximum Gasteiger partial charge on any atom is 0.181 e. The number of hydrogen-bond donors (Lipinski definition) is 1. The third-order valence-corrected chi connectivity index (χ3v) is 5.78. The molecule has 1 aliphatic heterocycles. The van der Waals surface area contributed by atoms with Gasteiger partial charge in [-0.25, -0.2) is 0 Å². The summed E-state index contributed by atoms with van der Waals surface area (Å²) in [7, 11) is 0. The molecular formula is C22H25N5O2. The predicted molar refractivity (Wildman–Crippen MR) is 110 cm³/mol. The fourth-order valence-corrected chi connectivity index (χ4v) is 4.38. The molecule has 5 rings (SSSR count). The molecule has 0 radical (unpaired) electrons. The Hall–Kier alpha value is -3.09. The summed E-state index contributed by atoms with van der Waals surface area (Å²) in [5.74, 6) is 2.44. The lowest BCUT2D eigenvalue weighted by Gasteiger charge is -2.38. The van der Waals surface area contributed by atoms with Gasteiger partial charge in [0.1, 0.15) is 13.2 Å². The number of fused-ring (bicyclic) bond motifs is 1. The molecule has 0 unspecified atom stereocenters. The molecule has 0 atom stereocenters. The zero-order valence-electron chi connectivity index (χ0n) is 16.6. The molecule has 1 fully saturated rings. The molecule has 3 aromatic rings. The highest BCUT2D eigenvalue weighted by Gasteiger charge is 2.39. The third-order valence-electron chi connectivity index (χ3n) is 5.78. The summed E-state index contributed by atoms with van der Waals surface area (Å²) in [4.78, 5) is 0. The van der Waals surface area contributed by atoms with E-state index in [2.05, 4.69) is 39.9 Å². The Balaban J connectivity index is 1.54. The van der Waals surface area contributed by atoms with Crippen molar-refractivity contribution in [2.75, 3.05) is 18.5 Å². The molecule has 1 saturated carbocycles. The molecule has 1 aliphatic carbocycles.